The maximum Gasteiger partial charge on any atom is 0.320 e. The Morgan fingerprint density at radius 2 is 1.95 bits per heavy atom. The summed E-state index contributed by atoms with van der Waals surface area (Å²) in [6.07, 6.45) is 3.40. The Morgan fingerprint density at radius 1 is 1.11 bits per heavy atom. The van der Waals surface area contributed by atoms with E-state index >= 15 is 4.39 Å². The summed E-state index contributed by atoms with van der Waals surface area (Å²) in [5.74, 6) is -0.500. The molecule has 2 N–H and O–H groups in total. The zero-order valence-electron chi connectivity index (χ0n) is 20.7. The molecule has 5 rings (SSSR count). The molecule has 2 aromatic carbocycles. The van der Waals surface area contributed by atoms with Gasteiger partial charge in [-0.15, -0.1) is 0 Å². The Balaban J connectivity index is 1.25. The maximum absolute atomic E-state index is 15.1. The first kappa shape index (κ1) is 24.7. The molecule has 1 saturated heterocycles. The highest BCUT2D eigenvalue weighted by Gasteiger charge is 2.35. The predicted octanol–water partition coefficient (Wildman–Crippen LogP) is 5.13. The number of hydrogen-bond acceptors (Lipinski definition) is 4. The number of carboxylic acids is 1. The van der Waals surface area contributed by atoms with Crippen LogP contribution in [-0.4, -0.2) is 58.1 Å². The molecule has 1 atom stereocenters. The van der Waals surface area contributed by atoms with Crippen LogP contribution >= 0.6 is 0 Å². The largest absolute Gasteiger partial charge is 0.481 e. The minimum atomic E-state index is -1.03. The van der Waals surface area contributed by atoms with E-state index in [0.29, 0.717) is 30.8 Å². The normalized spacial score (nSPS) is 15.9. The number of fused-ring (bicyclic) bond motifs is 1. The zero-order chi connectivity index (χ0) is 25.8. The van der Waals surface area contributed by atoms with Crippen LogP contribution in [0.25, 0.3) is 11.1 Å². The molecule has 2 amide bonds. The minimum Gasteiger partial charge on any atom is -0.481 e. The SMILES string of the molecule is O=C(O)CC(c1ccc(-c2ccccc2)c(F)c1)N1CCN(CCCc2ccc3c(n2)NCCC3)C1=O. The molecule has 1 unspecified atom stereocenters. The van der Waals surface area contributed by atoms with Gasteiger partial charge in [0.15, 0.2) is 0 Å². The summed E-state index contributed by atoms with van der Waals surface area (Å²) in [4.78, 5) is 33.0. The molecule has 2 aliphatic heterocycles. The molecule has 8 heteroatoms. The van der Waals surface area contributed by atoms with E-state index in [-0.39, 0.29) is 12.5 Å². The summed E-state index contributed by atoms with van der Waals surface area (Å²) in [5, 5.41) is 12.9. The van der Waals surface area contributed by atoms with Crippen molar-refractivity contribution in [3.63, 3.8) is 0 Å². The fourth-order valence-electron chi connectivity index (χ4n) is 5.22. The monoisotopic (exact) mass is 502 g/mol. The average molecular weight is 503 g/mol. The number of aromatic nitrogens is 1. The number of anilines is 1. The quantitative estimate of drug-likeness (QED) is 0.424. The molecule has 0 bridgehead atoms. The van der Waals surface area contributed by atoms with Crippen molar-refractivity contribution in [2.45, 2.75) is 38.1 Å². The smallest absolute Gasteiger partial charge is 0.320 e. The van der Waals surface area contributed by atoms with E-state index in [1.165, 1.54) is 11.6 Å². The van der Waals surface area contributed by atoms with Crippen molar-refractivity contribution >= 4 is 17.8 Å². The van der Waals surface area contributed by atoms with Crippen LogP contribution in [0.3, 0.4) is 0 Å². The second-order valence-corrected chi connectivity index (χ2v) is 9.63. The van der Waals surface area contributed by atoms with E-state index in [1.807, 2.05) is 30.3 Å². The first-order valence-corrected chi connectivity index (χ1v) is 12.8. The van der Waals surface area contributed by atoms with Gasteiger partial charge < -0.3 is 20.2 Å². The van der Waals surface area contributed by atoms with Crippen LogP contribution in [0, 0.1) is 5.82 Å². The lowest BCUT2D eigenvalue weighted by Gasteiger charge is -2.27. The number of carbonyl (C=O) groups is 2. The van der Waals surface area contributed by atoms with E-state index in [4.69, 9.17) is 4.98 Å². The minimum absolute atomic E-state index is 0.209. The van der Waals surface area contributed by atoms with Crippen molar-refractivity contribution in [2.24, 2.45) is 0 Å². The lowest BCUT2D eigenvalue weighted by molar-refractivity contribution is -0.138. The van der Waals surface area contributed by atoms with Crippen LogP contribution in [0.1, 0.15) is 42.1 Å². The summed E-state index contributed by atoms with van der Waals surface area (Å²) in [6.45, 7) is 2.42. The van der Waals surface area contributed by atoms with Crippen molar-refractivity contribution < 1.29 is 19.1 Å². The molecule has 37 heavy (non-hydrogen) atoms. The molecule has 0 aliphatic carbocycles. The van der Waals surface area contributed by atoms with Gasteiger partial charge in [0, 0.05) is 37.4 Å². The van der Waals surface area contributed by atoms with E-state index in [1.54, 1.807) is 21.9 Å². The number of urea groups is 1. The zero-order valence-corrected chi connectivity index (χ0v) is 20.7. The number of aryl methyl sites for hydroxylation is 2. The summed E-state index contributed by atoms with van der Waals surface area (Å²) < 4.78 is 15.1. The van der Waals surface area contributed by atoms with Crippen LogP contribution in [0.15, 0.2) is 60.7 Å². The molecular formula is C29H31FN4O3. The third-order valence-corrected chi connectivity index (χ3v) is 7.15. The highest BCUT2D eigenvalue weighted by molar-refractivity contribution is 5.78. The molecular weight excluding hydrogens is 471 g/mol. The highest BCUT2D eigenvalue weighted by atomic mass is 19.1. The van der Waals surface area contributed by atoms with E-state index in [9.17, 15) is 14.7 Å². The Hall–Kier alpha value is -3.94. The summed E-state index contributed by atoms with van der Waals surface area (Å²) >= 11 is 0. The van der Waals surface area contributed by atoms with Crippen LogP contribution < -0.4 is 5.32 Å². The standard InChI is InChI=1S/C29H31FN4O3/c30-25-18-22(11-13-24(25)20-6-2-1-3-7-20)26(19-27(35)36)34-17-16-33(29(34)37)15-5-9-23-12-10-21-8-4-14-31-28(21)32-23/h1-3,6-7,10-13,18,26H,4-5,8-9,14-17,19H2,(H,31,32)(H,35,36). The fraction of sp³-hybridized carbons (Fsp3) is 0.345. The molecule has 192 valence electrons. The maximum atomic E-state index is 15.1. The number of carbonyl (C=O) groups excluding carboxylic acids is 1. The van der Waals surface area contributed by atoms with Gasteiger partial charge in [0.1, 0.15) is 11.6 Å². The molecule has 0 spiro atoms. The number of nitrogens with zero attached hydrogens (tertiary/aromatic N) is 3. The van der Waals surface area contributed by atoms with Crippen LogP contribution in [0.2, 0.25) is 0 Å². The molecule has 0 saturated carbocycles. The van der Waals surface area contributed by atoms with E-state index in [0.717, 1.165) is 49.3 Å². The summed E-state index contributed by atoms with van der Waals surface area (Å²) in [6, 6.07) is 17.2. The number of pyridine rings is 1. The summed E-state index contributed by atoms with van der Waals surface area (Å²) in [7, 11) is 0. The van der Waals surface area contributed by atoms with Crippen LogP contribution in [-0.2, 0) is 17.6 Å². The number of amides is 2. The number of halogens is 1. The molecule has 1 fully saturated rings. The van der Waals surface area contributed by atoms with Crippen molar-refractivity contribution in [1.29, 1.82) is 0 Å². The number of nitrogens with one attached hydrogen (secondary N) is 1. The Labute approximate surface area is 215 Å². The Kier molecular flexibility index (Phi) is 7.35. The van der Waals surface area contributed by atoms with Gasteiger partial charge in [0.05, 0.1) is 12.5 Å². The van der Waals surface area contributed by atoms with Gasteiger partial charge in [0.2, 0.25) is 0 Å². The fourth-order valence-corrected chi connectivity index (χ4v) is 5.22. The van der Waals surface area contributed by atoms with E-state index in [2.05, 4.69) is 17.4 Å². The van der Waals surface area contributed by atoms with Gasteiger partial charge in [-0.2, -0.15) is 0 Å². The van der Waals surface area contributed by atoms with Gasteiger partial charge in [-0.1, -0.05) is 48.5 Å². The molecule has 3 heterocycles. The van der Waals surface area contributed by atoms with Crippen LogP contribution in [0.4, 0.5) is 15.0 Å². The topological polar surface area (TPSA) is 85.8 Å². The molecule has 0 radical (unpaired) electrons. The van der Waals surface area contributed by atoms with Crippen molar-refractivity contribution in [1.82, 2.24) is 14.8 Å². The van der Waals surface area contributed by atoms with Gasteiger partial charge >= 0.3 is 12.0 Å². The highest BCUT2D eigenvalue weighted by Crippen LogP contribution is 2.32. The first-order valence-electron chi connectivity index (χ1n) is 12.8. The molecule has 3 aromatic rings. The van der Waals surface area contributed by atoms with Gasteiger partial charge in [-0.05, 0) is 54.5 Å². The Morgan fingerprint density at radius 3 is 2.73 bits per heavy atom. The number of benzene rings is 2. The number of hydrogen-bond donors (Lipinski definition) is 2. The lowest BCUT2D eigenvalue weighted by atomic mass is 9.97. The number of aliphatic carboxylic acids is 1. The van der Waals surface area contributed by atoms with Gasteiger partial charge in [0.25, 0.3) is 0 Å². The predicted molar refractivity (Wildman–Crippen MR) is 140 cm³/mol. The van der Waals surface area contributed by atoms with Gasteiger partial charge in [-0.3, -0.25) is 4.79 Å². The lowest BCUT2D eigenvalue weighted by Crippen LogP contribution is -2.36. The number of rotatable bonds is 9. The third kappa shape index (κ3) is 5.58. The average Bonchev–Trinajstić information content (AvgIpc) is 3.27. The second-order valence-electron chi connectivity index (χ2n) is 9.63. The summed E-state index contributed by atoms with van der Waals surface area (Å²) in [5.41, 5.74) is 3.92. The number of carboxylic acid groups (broad SMARTS) is 1. The van der Waals surface area contributed by atoms with Crippen molar-refractivity contribution in [2.75, 3.05) is 31.5 Å². The molecule has 1 aromatic heterocycles. The Bertz CT molecular complexity index is 1280. The second kappa shape index (κ2) is 11.0. The molecule has 2 aliphatic rings. The van der Waals surface area contributed by atoms with Crippen molar-refractivity contribution in [3.8, 4) is 11.1 Å². The van der Waals surface area contributed by atoms with Crippen LogP contribution in [0.5, 0.6) is 0 Å². The van der Waals surface area contributed by atoms with E-state index < -0.39 is 17.8 Å². The molecule has 7 nitrogen and oxygen atoms in total. The van der Waals surface area contributed by atoms with Gasteiger partial charge in [-0.25, -0.2) is 14.2 Å². The third-order valence-electron chi connectivity index (χ3n) is 7.15. The van der Waals surface area contributed by atoms with Crippen molar-refractivity contribution in [3.05, 3.63) is 83.3 Å². The first-order chi connectivity index (χ1) is 18.0.